The molecule has 3 rings (SSSR count). The standard InChI is InChI=1S/C20H23N5O3S/c1-24(16-6-3-2-4-7-16)18-10-9-15(12-19(18)25(26)27)13-22-23-20(29)21-14-17-8-5-11-28-17/h2-4,6-7,9-10,12-13,17H,5,8,11,14H2,1H3,(H2,21,23,29)/b22-13-/t17-/m0/s1. The predicted octanol–water partition coefficient (Wildman–Crippen LogP) is 3.34. The highest BCUT2D eigenvalue weighted by Crippen LogP contribution is 2.32. The van der Waals surface area contributed by atoms with Crippen molar-refractivity contribution in [2.24, 2.45) is 5.10 Å². The molecule has 0 spiro atoms. The Morgan fingerprint density at radius 1 is 1.38 bits per heavy atom. The summed E-state index contributed by atoms with van der Waals surface area (Å²) in [6.45, 7) is 1.42. The quantitative estimate of drug-likeness (QED) is 0.311. The fraction of sp³-hybridized carbons (Fsp3) is 0.300. The molecular weight excluding hydrogens is 390 g/mol. The van der Waals surface area contributed by atoms with E-state index in [0.717, 1.165) is 25.1 Å². The van der Waals surface area contributed by atoms with E-state index in [-0.39, 0.29) is 11.8 Å². The number of hydrazone groups is 1. The Hall–Kier alpha value is -3.04. The molecule has 1 heterocycles. The van der Waals surface area contributed by atoms with Crippen molar-refractivity contribution in [2.45, 2.75) is 18.9 Å². The van der Waals surface area contributed by atoms with Crippen LogP contribution in [0.2, 0.25) is 0 Å². The van der Waals surface area contributed by atoms with Gasteiger partial charge in [0.25, 0.3) is 5.69 Å². The number of nitrogens with zero attached hydrogens (tertiary/aromatic N) is 3. The minimum atomic E-state index is -0.396. The summed E-state index contributed by atoms with van der Waals surface area (Å²) in [7, 11) is 1.80. The highest BCUT2D eigenvalue weighted by Gasteiger charge is 2.18. The molecule has 0 aliphatic carbocycles. The van der Waals surface area contributed by atoms with Gasteiger partial charge in [-0.2, -0.15) is 5.10 Å². The van der Waals surface area contributed by atoms with Crippen molar-refractivity contribution < 1.29 is 9.66 Å². The van der Waals surface area contributed by atoms with Crippen molar-refractivity contribution in [3.63, 3.8) is 0 Å². The fourth-order valence-corrected chi connectivity index (χ4v) is 3.19. The maximum absolute atomic E-state index is 11.6. The first-order chi connectivity index (χ1) is 14.0. The molecule has 0 unspecified atom stereocenters. The largest absolute Gasteiger partial charge is 0.376 e. The predicted molar refractivity (Wildman–Crippen MR) is 118 cm³/mol. The Morgan fingerprint density at radius 3 is 2.86 bits per heavy atom. The molecule has 0 bridgehead atoms. The molecule has 0 radical (unpaired) electrons. The first-order valence-electron chi connectivity index (χ1n) is 9.30. The average Bonchev–Trinajstić information content (AvgIpc) is 3.26. The second-order valence-electron chi connectivity index (χ2n) is 6.61. The van der Waals surface area contributed by atoms with Crippen LogP contribution in [0.4, 0.5) is 17.1 Å². The van der Waals surface area contributed by atoms with E-state index in [1.165, 1.54) is 12.3 Å². The zero-order chi connectivity index (χ0) is 20.6. The second kappa shape index (κ2) is 9.94. The summed E-state index contributed by atoms with van der Waals surface area (Å²) >= 11 is 5.17. The summed E-state index contributed by atoms with van der Waals surface area (Å²) in [5.74, 6) is 0. The van der Waals surface area contributed by atoms with Gasteiger partial charge < -0.3 is 15.0 Å². The molecule has 29 heavy (non-hydrogen) atoms. The molecule has 8 nitrogen and oxygen atoms in total. The number of thiocarbonyl (C=S) groups is 1. The van der Waals surface area contributed by atoms with E-state index in [4.69, 9.17) is 17.0 Å². The molecule has 2 N–H and O–H groups in total. The van der Waals surface area contributed by atoms with Gasteiger partial charge in [-0.15, -0.1) is 0 Å². The molecule has 2 aromatic carbocycles. The van der Waals surface area contributed by atoms with Crippen molar-refractivity contribution in [1.29, 1.82) is 0 Å². The third-order valence-corrected chi connectivity index (χ3v) is 4.83. The summed E-state index contributed by atoms with van der Waals surface area (Å²) < 4.78 is 5.52. The lowest BCUT2D eigenvalue weighted by Crippen LogP contribution is -2.37. The van der Waals surface area contributed by atoms with E-state index in [1.54, 1.807) is 24.1 Å². The molecule has 1 aliphatic rings. The van der Waals surface area contributed by atoms with Crippen LogP contribution in [0.15, 0.2) is 53.6 Å². The van der Waals surface area contributed by atoms with Crippen LogP contribution in [0.3, 0.4) is 0 Å². The monoisotopic (exact) mass is 413 g/mol. The van der Waals surface area contributed by atoms with Crippen molar-refractivity contribution >= 4 is 40.6 Å². The third kappa shape index (κ3) is 5.72. The molecule has 0 amide bonds. The van der Waals surface area contributed by atoms with Gasteiger partial charge in [-0.25, -0.2) is 0 Å². The number of benzene rings is 2. The number of nitro groups is 1. The lowest BCUT2D eigenvalue weighted by molar-refractivity contribution is -0.384. The smallest absolute Gasteiger partial charge is 0.293 e. The molecule has 1 saturated heterocycles. The lowest BCUT2D eigenvalue weighted by Gasteiger charge is -2.19. The Labute approximate surface area is 174 Å². The maximum atomic E-state index is 11.6. The molecule has 152 valence electrons. The molecule has 2 aromatic rings. The summed E-state index contributed by atoms with van der Waals surface area (Å²) in [5.41, 5.74) is 4.68. The van der Waals surface area contributed by atoms with Gasteiger partial charge in [0.05, 0.1) is 17.2 Å². The number of rotatable bonds is 7. The number of nitrogens with one attached hydrogen (secondary N) is 2. The molecule has 1 fully saturated rings. The third-order valence-electron chi connectivity index (χ3n) is 4.60. The molecular formula is C20H23N5O3S. The molecule has 1 aliphatic heterocycles. The van der Waals surface area contributed by atoms with Gasteiger partial charge in [0.15, 0.2) is 5.11 Å². The van der Waals surface area contributed by atoms with Crippen LogP contribution in [0.25, 0.3) is 0 Å². The lowest BCUT2D eigenvalue weighted by atomic mass is 10.1. The fourth-order valence-electron chi connectivity index (χ4n) is 3.06. The number of hydrogen-bond acceptors (Lipinski definition) is 6. The number of para-hydroxylation sites is 1. The molecule has 1 atom stereocenters. The summed E-state index contributed by atoms with van der Waals surface area (Å²) in [5, 5.41) is 19.1. The van der Waals surface area contributed by atoms with Gasteiger partial charge in [-0.05, 0) is 43.3 Å². The zero-order valence-corrected chi connectivity index (χ0v) is 16.9. The van der Waals surface area contributed by atoms with Crippen LogP contribution in [-0.2, 0) is 4.74 Å². The van der Waals surface area contributed by atoms with Crippen LogP contribution < -0.4 is 15.6 Å². The first kappa shape index (κ1) is 20.7. The SMILES string of the molecule is CN(c1ccccc1)c1ccc(/C=N\NC(=S)NC[C@@H]2CCCO2)cc1[N+](=O)[O-]. The van der Waals surface area contributed by atoms with Crippen molar-refractivity contribution in [3.8, 4) is 0 Å². The Morgan fingerprint density at radius 2 is 2.17 bits per heavy atom. The number of ether oxygens (including phenoxy) is 1. The average molecular weight is 414 g/mol. The first-order valence-corrected chi connectivity index (χ1v) is 9.71. The van der Waals surface area contributed by atoms with Crippen LogP contribution in [-0.4, -0.2) is 42.6 Å². The molecule has 0 aromatic heterocycles. The van der Waals surface area contributed by atoms with Gasteiger partial charge in [0.2, 0.25) is 0 Å². The van der Waals surface area contributed by atoms with Crippen molar-refractivity contribution in [2.75, 3.05) is 25.1 Å². The number of anilines is 2. The number of hydrogen-bond donors (Lipinski definition) is 2. The van der Waals surface area contributed by atoms with Gasteiger partial charge in [0.1, 0.15) is 5.69 Å². The Bertz CT molecular complexity index is 885. The van der Waals surface area contributed by atoms with Crippen LogP contribution in [0.5, 0.6) is 0 Å². The Balaban J connectivity index is 1.64. The zero-order valence-electron chi connectivity index (χ0n) is 16.1. The van der Waals surface area contributed by atoms with Crippen LogP contribution in [0.1, 0.15) is 18.4 Å². The van der Waals surface area contributed by atoms with E-state index in [9.17, 15) is 10.1 Å². The second-order valence-corrected chi connectivity index (χ2v) is 7.02. The van der Waals surface area contributed by atoms with Crippen molar-refractivity contribution in [1.82, 2.24) is 10.7 Å². The molecule has 9 heteroatoms. The Kier molecular flexibility index (Phi) is 7.09. The van der Waals surface area contributed by atoms with Crippen molar-refractivity contribution in [3.05, 3.63) is 64.2 Å². The van der Waals surface area contributed by atoms with E-state index < -0.39 is 4.92 Å². The highest BCUT2D eigenvalue weighted by atomic mass is 32.1. The van der Waals surface area contributed by atoms with E-state index in [0.29, 0.717) is 22.9 Å². The van der Waals surface area contributed by atoms with Crippen LogP contribution in [0, 0.1) is 10.1 Å². The normalized spacial score (nSPS) is 16.0. The summed E-state index contributed by atoms with van der Waals surface area (Å²) in [6, 6.07) is 14.4. The minimum Gasteiger partial charge on any atom is -0.376 e. The van der Waals surface area contributed by atoms with Crippen LogP contribution >= 0.6 is 12.2 Å². The van der Waals surface area contributed by atoms with E-state index in [2.05, 4.69) is 15.8 Å². The summed E-state index contributed by atoms with van der Waals surface area (Å²) in [6.07, 6.45) is 3.76. The molecule has 0 saturated carbocycles. The number of nitro benzene ring substituents is 1. The van der Waals surface area contributed by atoms with Gasteiger partial charge in [-0.3, -0.25) is 15.5 Å². The van der Waals surface area contributed by atoms with E-state index in [1.807, 2.05) is 30.3 Å². The van der Waals surface area contributed by atoms with E-state index >= 15 is 0 Å². The highest BCUT2D eigenvalue weighted by molar-refractivity contribution is 7.80. The topological polar surface area (TPSA) is 92.0 Å². The van der Waals surface area contributed by atoms with Gasteiger partial charge >= 0.3 is 0 Å². The summed E-state index contributed by atoms with van der Waals surface area (Å²) in [4.78, 5) is 13.0. The van der Waals surface area contributed by atoms with Gasteiger partial charge in [0, 0.05) is 37.5 Å². The minimum absolute atomic E-state index is 0.000568. The van der Waals surface area contributed by atoms with Gasteiger partial charge in [-0.1, -0.05) is 24.3 Å². The maximum Gasteiger partial charge on any atom is 0.293 e.